The van der Waals surface area contributed by atoms with Gasteiger partial charge in [-0.15, -0.1) is 0 Å². The Morgan fingerprint density at radius 1 is 1.50 bits per heavy atom. The van der Waals surface area contributed by atoms with E-state index in [-0.39, 0.29) is 16.9 Å². The minimum Gasteiger partial charge on any atom is -0.391 e. The van der Waals surface area contributed by atoms with Gasteiger partial charge in [0.15, 0.2) is 16.1 Å². The van der Waals surface area contributed by atoms with E-state index in [1.54, 1.807) is 4.90 Å². The molecule has 0 aliphatic carbocycles. The van der Waals surface area contributed by atoms with Crippen LogP contribution in [0.1, 0.15) is 23.7 Å². The van der Waals surface area contributed by atoms with E-state index in [1.807, 2.05) is 0 Å². The van der Waals surface area contributed by atoms with Crippen LogP contribution < -0.4 is 4.90 Å². The molecule has 0 aromatic heterocycles. The topological polar surface area (TPSA) is 74.7 Å². The molecule has 5 nitrogen and oxygen atoms in total. The number of hydrogen-bond donors (Lipinski definition) is 1. The third-order valence-corrected chi connectivity index (χ3v) is 5.21. The van der Waals surface area contributed by atoms with E-state index < -0.39 is 27.3 Å². The fraction of sp³-hybridized carbons (Fsp3) is 0.462. The van der Waals surface area contributed by atoms with E-state index in [1.165, 1.54) is 13.0 Å². The number of sulfone groups is 1. The number of hydrogen-bond acceptors (Lipinski definition) is 5. The summed E-state index contributed by atoms with van der Waals surface area (Å²) in [6.07, 6.45) is 0.267. The molecule has 1 fully saturated rings. The lowest BCUT2D eigenvalue weighted by atomic mass is 10.2. The summed E-state index contributed by atoms with van der Waals surface area (Å²) in [5.41, 5.74) is -0.0629. The number of benzene rings is 1. The average Bonchev–Trinajstić information content (AvgIpc) is 2.84. The summed E-state index contributed by atoms with van der Waals surface area (Å²) in [5.74, 6) is -1.06. The van der Waals surface area contributed by atoms with Crippen molar-refractivity contribution in [2.24, 2.45) is 0 Å². The lowest BCUT2D eigenvalue weighted by Crippen LogP contribution is -2.22. The first-order chi connectivity index (χ1) is 9.39. The Balaban J connectivity index is 2.55. The van der Waals surface area contributed by atoms with Gasteiger partial charge in [0.25, 0.3) is 0 Å². The molecule has 20 heavy (non-hydrogen) atoms. The van der Waals surface area contributed by atoms with Gasteiger partial charge in [0.2, 0.25) is 0 Å². The van der Waals surface area contributed by atoms with Crippen LogP contribution in [0.3, 0.4) is 0 Å². The van der Waals surface area contributed by atoms with Crippen molar-refractivity contribution in [3.8, 4) is 0 Å². The quantitative estimate of drug-likeness (QED) is 0.840. The summed E-state index contributed by atoms with van der Waals surface area (Å²) < 4.78 is 37.9. The van der Waals surface area contributed by atoms with E-state index in [9.17, 15) is 22.7 Å². The number of aldehydes is 1. The van der Waals surface area contributed by atoms with Crippen LogP contribution in [0.4, 0.5) is 10.1 Å². The van der Waals surface area contributed by atoms with Crippen LogP contribution >= 0.6 is 0 Å². The summed E-state index contributed by atoms with van der Waals surface area (Å²) in [5, 5.41) is 9.50. The van der Waals surface area contributed by atoms with E-state index in [2.05, 4.69) is 0 Å². The van der Waals surface area contributed by atoms with Crippen LogP contribution in [0.5, 0.6) is 0 Å². The lowest BCUT2D eigenvalue weighted by molar-refractivity contribution is 0.111. The fourth-order valence-corrected chi connectivity index (χ4v) is 3.36. The van der Waals surface area contributed by atoms with Crippen molar-refractivity contribution < 1.29 is 22.7 Å². The SMILES string of the molecule is CCS(=O)(=O)c1cc(N2CC[C@@H](O)C2)cc(F)c1C=O. The molecule has 0 radical (unpaired) electrons. The molecule has 110 valence electrons. The van der Waals surface area contributed by atoms with Crippen molar-refractivity contribution in [1.29, 1.82) is 0 Å². The van der Waals surface area contributed by atoms with Gasteiger partial charge in [0.1, 0.15) is 5.82 Å². The van der Waals surface area contributed by atoms with Crippen molar-refractivity contribution in [2.75, 3.05) is 23.7 Å². The van der Waals surface area contributed by atoms with Crippen molar-refractivity contribution >= 4 is 21.8 Å². The zero-order valence-corrected chi connectivity index (χ0v) is 11.9. The molecule has 0 unspecified atom stereocenters. The number of carbonyl (C=O) groups is 1. The maximum Gasteiger partial charge on any atom is 0.179 e. The zero-order chi connectivity index (χ0) is 14.9. The molecule has 1 N–H and O–H groups in total. The Bertz CT molecular complexity index is 630. The summed E-state index contributed by atoms with van der Waals surface area (Å²) >= 11 is 0. The number of carbonyl (C=O) groups excluding carboxylic acids is 1. The van der Waals surface area contributed by atoms with E-state index in [0.717, 1.165) is 6.07 Å². The van der Waals surface area contributed by atoms with Crippen LogP contribution in [0, 0.1) is 5.82 Å². The van der Waals surface area contributed by atoms with Crippen LogP contribution in [-0.2, 0) is 9.84 Å². The molecule has 0 spiro atoms. The predicted molar refractivity (Wildman–Crippen MR) is 72.4 cm³/mol. The van der Waals surface area contributed by atoms with E-state index in [0.29, 0.717) is 25.2 Å². The molecule has 1 aliphatic rings. The number of aliphatic hydroxyl groups is 1. The van der Waals surface area contributed by atoms with Crippen LogP contribution in [0.2, 0.25) is 0 Å². The van der Waals surface area contributed by atoms with Crippen LogP contribution in [-0.4, -0.2) is 44.8 Å². The highest BCUT2D eigenvalue weighted by Crippen LogP contribution is 2.28. The molecule has 1 saturated heterocycles. The van der Waals surface area contributed by atoms with Crippen molar-refractivity contribution in [3.05, 3.63) is 23.5 Å². The van der Waals surface area contributed by atoms with Gasteiger partial charge in [0, 0.05) is 18.8 Å². The molecule has 7 heteroatoms. The summed E-state index contributed by atoms with van der Waals surface area (Å²) in [7, 11) is -3.69. The Kier molecular flexibility index (Phi) is 4.10. The van der Waals surface area contributed by atoms with Gasteiger partial charge < -0.3 is 10.0 Å². The highest BCUT2D eigenvalue weighted by Gasteiger charge is 2.25. The molecule has 1 atom stereocenters. The van der Waals surface area contributed by atoms with Gasteiger partial charge in [-0.05, 0) is 18.6 Å². The molecule has 1 aromatic rings. The largest absolute Gasteiger partial charge is 0.391 e. The van der Waals surface area contributed by atoms with Gasteiger partial charge in [-0.25, -0.2) is 12.8 Å². The number of halogens is 1. The molecule has 2 rings (SSSR count). The Labute approximate surface area is 116 Å². The van der Waals surface area contributed by atoms with Gasteiger partial charge in [-0.2, -0.15) is 0 Å². The van der Waals surface area contributed by atoms with Gasteiger partial charge in [0.05, 0.1) is 22.3 Å². The van der Waals surface area contributed by atoms with E-state index in [4.69, 9.17) is 0 Å². The summed E-state index contributed by atoms with van der Waals surface area (Å²) in [4.78, 5) is 12.4. The number of β-amino-alcohol motifs (C(OH)–C–C–N with tert-alkyl or cyclic N) is 1. The van der Waals surface area contributed by atoms with Crippen molar-refractivity contribution in [3.63, 3.8) is 0 Å². The second-order valence-corrected chi connectivity index (χ2v) is 7.00. The zero-order valence-electron chi connectivity index (χ0n) is 11.0. The van der Waals surface area contributed by atoms with Crippen LogP contribution in [0.15, 0.2) is 17.0 Å². The third-order valence-electron chi connectivity index (χ3n) is 3.44. The molecule has 1 aromatic carbocycles. The molecule has 0 bridgehead atoms. The molecule has 1 aliphatic heterocycles. The molecular weight excluding hydrogens is 285 g/mol. The minimum absolute atomic E-state index is 0.209. The Morgan fingerprint density at radius 3 is 2.70 bits per heavy atom. The highest BCUT2D eigenvalue weighted by atomic mass is 32.2. The first kappa shape index (κ1) is 14.9. The van der Waals surface area contributed by atoms with E-state index >= 15 is 0 Å². The molecular formula is C13H16FNO4S. The van der Waals surface area contributed by atoms with Gasteiger partial charge in [-0.1, -0.05) is 6.92 Å². The number of aliphatic hydroxyl groups excluding tert-OH is 1. The summed E-state index contributed by atoms with van der Waals surface area (Å²) in [6.45, 7) is 2.28. The smallest absolute Gasteiger partial charge is 0.179 e. The molecule has 1 heterocycles. The Hall–Kier alpha value is -1.47. The fourth-order valence-electron chi connectivity index (χ4n) is 2.27. The molecule has 0 saturated carbocycles. The first-order valence-electron chi connectivity index (χ1n) is 6.33. The maximum absolute atomic E-state index is 13.9. The first-order valence-corrected chi connectivity index (χ1v) is 7.98. The van der Waals surface area contributed by atoms with Crippen molar-refractivity contribution in [2.45, 2.75) is 24.3 Å². The average molecular weight is 301 g/mol. The number of anilines is 1. The molecule has 0 amide bonds. The second kappa shape index (κ2) is 5.49. The normalized spacial score (nSPS) is 19.4. The maximum atomic E-state index is 13.9. The minimum atomic E-state index is -3.69. The second-order valence-electron chi connectivity index (χ2n) is 4.75. The predicted octanol–water partition coefficient (Wildman–Crippen LogP) is 1.00. The monoisotopic (exact) mass is 301 g/mol. The standard InChI is InChI=1S/C13H16FNO4S/c1-2-20(18,19)13-6-9(5-12(14)11(13)8-16)15-4-3-10(17)7-15/h5-6,8,10,17H,2-4,7H2,1H3/t10-/m1/s1. The van der Waals surface area contributed by atoms with Gasteiger partial charge >= 0.3 is 0 Å². The Morgan fingerprint density at radius 2 is 2.20 bits per heavy atom. The van der Waals surface area contributed by atoms with Gasteiger partial charge in [-0.3, -0.25) is 4.79 Å². The number of nitrogens with zero attached hydrogens (tertiary/aromatic N) is 1. The van der Waals surface area contributed by atoms with Crippen molar-refractivity contribution in [1.82, 2.24) is 0 Å². The number of rotatable bonds is 4. The van der Waals surface area contributed by atoms with Crippen LogP contribution in [0.25, 0.3) is 0 Å². The lowest BCUT2D eigenvalue weighted by Gasteiger charge is -2.19. The third kappa shape index (κ3) is 2.69. The summed E-state index contributed by atoms with van der Waals surface area (Å²) in [6, 6.07) is 2.44. The highest BCUT2D eigenvalue weighted by molar-refractivity contribution is 7.91.